The minimum absolute atomic E-state index is 0. The number of halogens is 1. The number of ether oxygens (including phenoxy) is 1. The first-order chi connectivity index (χ1) is 9.22. The molecule has 116 valence electrons. The van der Waals surface area contributed by atoms with Gasteiger partial charge in [0.2, 0.25) is 5.91 Å². The summed E-state index contributed by atoms with van der Waals surface area (Å²) in [7, 11) is 1.40. The van der Waals surface area contributed by atoms with Crippen molar-refractivity contribution in [1.82, 2.24) is 10.2 Å². The molecule has 2 saturated heterocycles. The number of amides is 1. The predicted molar refractivity (Wildman–Crippen MR) is 82.3 cm³/mol. The van der Waals surface area contributed by atoms with Crippen LogP contribution in [0.1, 0.15) is 19.3 Å². The number of methoxy groups -OCH3 is 1. The Morgan fingerprint density at radius 3 is 2.70 bits per heavy atom. The number of nitrogens with one attached hydrogen (secondary N) is 1. The fourth-order valence-electron chi connectivity index (χ4n) is 2.69. The molecule has 0 aliphatic carbocycles. The molecule has 1 N–H and O–H groups in total. The van der Waals surface area contributed by atoms with Gasteiger partial charge < -0.3 is 15.0 Å². The van der Waals surface area contributed by atoms with Crippen molar-refractivity contribution in [1.29, 1.82) is 0 Å². The second-order valence-electron chi connectivity index (χ2n) is 5.06. The molecule has 1 amide bonds. The van der Waals surface area contributed by atoms with Gasteiger partial charge in [0.05, 0.1) is 19.6 Å². The molecular formula is C13H23ClN2O3S. The lowest BCUT2D eigenvalue weighted by molar-refractivity contribution is -0.144. The Balaban J connectivity index is 0.00000200. The molecule has 2 rings (SSSR count). The molecule has 20 heavy (non-hydrogen) atoms. The molecule has 0 aromatic rings. The minimum atomic E-state index is -0.226. The monoisotopic (exact) mass is 322 g/mol. The second kappa shape index (κ2) is 8.74. The molecule has 0 spiro atoms. The van der Waals surface area contributed by atoms with Gasteiger partial charge in [0.25, 0.3) is 0 Å². The maximum Gasteiger partial charge on any atom is 0.307 e. The van der Waals surface area contributed by atoms with Gasteiger partial charge >= 0.3 is 5.97 Å². The van der Waals surface area contributed by atoms with Crippen LogP contribution in [0.3, 0.4) is 0 Å². The number of thioether (sulfide) groups is 1. The average molecular weight is 323 g/mol. The van der Waals surface area contributed by atoms with Crippen LogP contribution in [0.5, 0.6) is 0 Å². The van der Waals surface area contributed by atoms with E-state index in [4.69, 9.17) is 4.74 Å². The highest BCUT2D eigenvalue weighted by atomic mass is 35.5. The number of piperidine rings is 1. The lowest BCUT2D eigenvalue weighted by atomic mass is 9.95. The van der Waals surface area contributed by atoms with Crippen molar-refractivity contribution in [3.8, 4) is 0 Å². The molecule has 0 aromatic carbocycles. The normalized spacial score (nSPS) is 23.9. The van der Waals surface area contributed by atoms with Gasteiger partial charge in [-0.05, 0) is 25.9 Å². The lowest BCUT2D eigenvalue weighted by Gasteiger charge is -2.38. The summed E-state index contributed by atoms with van der Waals surface area (Å²) in [6.07, 6.45) is 2.14. The Labute approximate surface area is 130 Å². The third kappa shape index (κ3) is 4.53. The van der Waals surface area contributed by atoms with Gasteiger partial charge in [-0.25, -0.2) is 0 Å². The van der Waals surface area contributed by atoms with Crippen LogP contribution in [0.4, 0.5) is 0 Å². The number of carbonyl (C=O) groups is 2. The standard InChI is InChI=1S/C13H22N2O3S.ClH/c1-18-12(16)8-11-9-19-7-6-15(11)13(17)10-2-4-14-5-3-10;/h10-11,14H,2-9H2,1H3;1H. The van der Waals surface area contributed by atoms with Crippen LogP contribution in [-0.4, -0.2) is 61.1 Å². The summed E-state index contributed by atoms with van der Waals surface area (Å²) in [5.41, 5.74) is 0. The van der Waals surface area contributed by atoms with Gasteiger partial charge in [-0.2, -0.15) is 11.8 Å². The van der Waals surface area contributed by atoms with E-state index in [2.05, 4.69) is 5.32 Å². The van der Waals surface area contributed by atoms with Crippen LogP contribution in [0.2, 0.25) is 0 Å². The SMILES string of the molecule is COC(=O)CC1CSCCN1C(=O)C1CCNCC1.Cl. The highest BCUT2D eigenvalue weighted by molar-refractivity contribution is 7.99. The molecule has 2 aliphatic rings. The zero-order valence-electron chi connectivity index (χ0n) is 11.8. The Hall–Kier alpha value is -0.460. The molecule has 0 aromatic heterocycles. The summed E-state index contributed by atoms with van der Waals surface area (Å²) in [6, 6.07) is 0.00795. The molecule has 0 bridgehead atoms. The highest BCUT2D eigenvalue weighted by Gasteiger charge is 2.33. The van der Waals surface area contributed by atoms with Crippen molar-refractivity contribution in [2.75, 3.05) is 38.2 Å². The predicted octanol–water partition coefficient (Wildman–Crippen LogP) is 0.915. The van der Waals surface area contributed by atoms with E-state index in [0.29, 0.717) is 6.42 Å². The topological polar surface area (TPSA) is 58.6 Å². The maximum absolute atomic E-state index is 12.6. The second-order valence-corrected chi connectivity index (χ2v) is 6.21. The van der Waals surface area contributed by atoms with Crippen molar-refractivity contribution >= 4 is 36.0 Å². The summed E-state index contributed by atoms with van der Waals surface area (Å²) in [5, 5.41) is 3.28. The molecule has 0 radical (unpaired) electrons. The largest absolute Gasteiger partial charge is 0.469 e. The Morgan fingerprint density at radius 2 is 2.05 bits per heavy atom. The molecule has 1 unspecified atom stereocenters. The maximum atomic E-state index is 12.6. The number of carbonyl (C=O) groups excluding carboxylic acids is 2. The molecule has 2 aliphatic heterocycles. The first-order valence-electron chi connectivity index (χ1n) is 6.88. The number of rotatable bonds is 3. The number of esters is 1. The van der Waals surface area contributed by atoms with Crippen LogP contribution in [0.25, 0.3) is 0 Å². The first-order valence-corrected chi connectivity index (χ1v) is 8.03. The lowest BCUT2D eigenvalue weighted by Crippen LogP contribution is -2.50. The third-order valence-electron chi connectivity index (χ3n) is 3.83. The summed E-state index contributed by atoms with van der Waals surface area (Å²) < 4.78 is 4.73. The van der Waals surface area contributed by atoms with E-state index in [1.807, 2.05) is 16.7 Å². The van der Waals surface area contributed by atoms with E-state index in [0.717, 1.165) is 44.0 Å². The van der Waals surface area contributed by atoms with Crippen molar-refractivity contribution < 1.29 is 14.3 Å². The van der Waals surface area contributed by atoms with Gasteiger partial charge in [-0.3, -0.25) is 9.59 Å². The van der Waals surface area contributed by atoms with Crippen molar-refractivity contribution in [2.24, 2.45) is 5.92 Å². The number of hydrogen-bond acceptors (Lipinski definition) is 5. The summed E-state index contributed by atoms with van der Waals surface area (Å²) in [5.74, 6) is 1.94. The number of nitrogens with zero attached hydrogens (tertiary/aromatic N) is 1. The van der Waals surface area contributed by atoms with Gasteiger partial charge in [-0.15, -0.1) is 12.4 Å². The average Bonchev–Trinajstić information content (AvgIpc) is 2.48. The molecule has 0 saturated carbocycles. The van der Waals surface area contributed by atoms with E-state index < -0.39 is 0 Å². The molecule has 1 atom stereocenters. The van der Waals surface area contributed by atoms with Crippen LogP contribution >= 0.6 is 24.2 Å². The zero-order chi connectivity index (χ0) is 13.7. The summed E-state index contributed by atoms with van der Waals surface area (Å²) >= 11 is 1.81. The Morgan fingerprint density at radius 1 is 1.35 bits per heavy atom. The Bertz CT molecular complexity index is 338. The van der Waals surface area contributed by atoms with Crippen molar-refractivity contribution in [3.05, 3.63) is 0 Å². The summed E-state index contributed by atoms with van der Waals surface area (Å²) in [4.78, 5) is 25.9. The van der Waals surface area contributed by atoms with Crippen molar-refractivity contribution in [3.63, 3.8) is 0 Å². The van der Waals surface area contributed by atoms with E-state index >= 15 is 0 Å². The van der Waals surface area contributed by atoms with E-state index in [-0.39, 0.29) is 36.2 Å². The van der Waals surface area contributed by atoms with E-state index in [1.54, 1.807) is 0 Å². The van der Waals surface area contributed by atoms with Gasteiger partial charge in [0.1, 0.15) is 0 Å². The molecular weight excluding hydrogens is 300 g/mol. The van der Waals surface area contributed by atoms with E-state index in [1.165, 1.54) is 7.11 Å². The Kier molecular flexibility index (Phi) is 7.69. The minimum Gasteiger partial charge on any atom is -0.469 e. The molecule has 5 nitrogen and oxygen atoms in total. The fourth-order valence-corrected chi connectivity index (χ4v) is 3.76. The van der Waals surface area contributed by atoms with E-state index in [9.17, 15) is 9.59 Å². The fraction of sp³-hybridized carbons (Fsp3) is 0.846. The molecule has 2 fully saturated rings. The van der Waals surface area contributed by atoms with Gasteiger partial charge in [0.15, 0.2) is 0 Å². The van der Waals surface area contributed by atoms with Gasteiger partial charge in [0, 0.05) is 24.0 Å². The zero-order valence-corrected chi connectivity index (χ0v) is 13.4. The number of hydrogen-bond donors (Lipinski definition) is 1. The smallest absolute Gasteiger partial charge is 0.307 e. The quantitative estimate of drug-likeness (QED) is 0.783. The molecule has 7 heteroatoms. The van der Waals surface area contributed by atoms with Crippen LogP contribution in [0, 0.1) is 5.92 Å². The van der Waals surface area contributed by atoms with Crippen LogP contribution < -0.4 is 5.32 Å². The highest BCUT2D eigenvalue weighted by Crippen LogP contribution is 2.24. The summed E-state index contributed by atoms with van der Waals surface area (Å²) in [6.45, 7) is 2.59. The third-order valence-corrected chi connectivity index (χ3v) is 4.92. The van der Waals surface area contributed by atoms with Gasteiger partial charge in [-0.1, -0.05) is 0 Å². The first kappa shape index (κ1) is 17.6. The van der Waals surface area contributed by atoms with Crippen LogP contribution in [0.15, 0.2) is 0 Å². The molecule has 2 heterocycles. The van der Waals surface area contributed by atoms with Crippen LogP contribution in [-0.2, 0) is 14.3 Å². The van der Waals surface area contributed by atoms with Crippen molar-refractivity contribution in [2.45, 2.75) is 25.3 Å².